The molecule has 0 saturated carbocycles. The first-order chi connectivity index (χ1) is 12.6. The first-order valence-electron chi connectivity index (χ1n) is 7.54. The zero-order chi connectivity index (χ0) is 18.7. The predicted octanol–water partition coefficient (Wildman–Crippen LogP) is 2.70. The number of hydrogen-bond donors (Lipinski definition) is 0. The molecule has 1 aromatic carbocycles. The summed E-state index contributed by atoms with van der Waals surface area (Å²) in [5, 5.41) is 23.8. The van der Waals surface area contributed by atoms with Crippen LogP contribution in [0.25, 0.3) is 5.65 Å². The molecule has 3 aromatic rings. The van der Waals surface area contributed by atoms with E-state index in [1.807, 2.05) is 30.3 Å². The highest BCUT2D eigenvalue weighted by Crippen LogP contribution is 2.32. The van der Waals surface area contributed by atoms with Crippen LogP contribution < -0.4 is 0 Å². The van der Waals surface area contributed by atoms with Gasteiger partial charge in [-0.15, -0.1) is 0 Å². The van der Waals surface area contributed by atoms with Crippen molar-refractivity contribution in [2.75, 3.05) is 7.11 Å². The van der Waals surface area contributed by atoms with E-state index in [-0.39, 0.29) is 28.3 Å². The highest BCUT2D eigenvalue weighted by atomic mass is 35.5. The van der Waals surface area contributed by atoms with Crippen LogP contribution in [0, 0.1) is 22.7 Å². The van der Waals surface area contributed by atoms with E-state index >= 15 is 0 Å². The maximum absolute atomic E-state index is 12.0. The highest BCUT2D eigenvalue weighted by molar-refractivity contribution is 6.34. The summed E-state index contributed by atoms with van der Waals surface area (Å²) >= 11 is 6.26. The number of aromatic nitrogens is 3. The second-order valence-corrected chi connectivity index (χ2v) is 5.94. The zero-order valence-electron chi connectivity index (χ0n) is 13.7. The van der Waals surface area contributed by atoms with Gasteiger partial charge in [0.1, 0.15) is 11.9 Å². The normalized spacial score (nSPS) is 10.9. The SMILES string of the molecule is COC(=O)c1c(Cl)cc(C(C#N)(C#N)Cc2ccccc2)n2ncnc12. The number of esters is 1. The van der Waals surface area contributed by atoms with Crippen LogP contribution in [0.2, 0.25) is 5.02 Å². The van der Waals surface area contributed by atoms with E-state index in [4.69, 9.17) is 16.3 Å². The maximum Gasteiger partial charge on any atom is 0.343 e. The van der Waals surface area contributed by atoms with E-state index in [1.54, 1.807) is 0 Å². The largest absolute Gasteiger partial charge is 0.465 e. The van der Waals surface area contributed by atoms with E-state index in [1.165, 1.54) is 24.0 Å². The van der Waals surface area contributed by atoms with E-state index in [2.05, 4.69) is 22.2 Å². The fraction of sp³-hybridized carbons (Fsp3) is 0.167. The van der Waals surface area contributed by atoms with Gasteiger partial charge in [-0.25, -0.2) is 14.3 Å². The van der Waals surface area contributed by atoms with Crippen LogP contribution in [0.15, 0.2) is 42.7 Å². The summed E-state index contributed by atoms with van der Waals surface area (Å²) in [5.41, 5.74) is -0.373. The van der Waals surface area contributed by atoms with E-state index < -0.39 is 11.4 Å². The average Bonchev–Trinajstić information content (AvgIpc) is 3.15. The minimum atomic E-state index is -1.56. The second-order valence-electron chi connectivity index (χ2n) is 5.53. The molecule has 0 fully saturated rings. The molecule has 0 unspecified atom stereocenters. The van der Waals surface area contributed by atoms with Crippen molar-refractivity contribution < 1.29 is 9.53 Å². The number of nitrogens with zero attached hydrogens (tertiary/aromatic N) is 5. The summed E-state index contributed by atoms with van der Waals surface area (Å²) in [6, 6.07) is 14.7. The molecule has 2 heterocycles. The first-order valence-corrected chi connectivity index (χ1v) is 7.91. The number of rotatable bonds is 4. The summed E-state index contributed by atoms with van der Waals surface area (Å²) in [7, 11) is 1.23. The number of benzene rings is 1. The van der Waals surface area contributed by atoms with Gasteiger partial charge in [0, 0.05) is 6.42 Å². The third-order valence-corrected chi connectivity index (χ3v) is 4.32. The predicted molar refractivity (Wildman–Crippen MR) is 92.4 cm³/mol. The zero-order valence-corrected chi connectivity index (χ0v) is 14.4. The van der Waals surface area contributed by atoms with Gasteiger partial charge in [-0.05, 0) is 11.6 Å². The molecule has 128 valence electrons. The number of fused-ring (bicyclic) bond motifs is 1. The molecule has 3 rings (SSSR count). The van der Waals surface area contributed by atoms with Crippen molar-refractivity contribution in [3.8, 4) is 12.1 Å². The van der Waals surface area contributed by atoms with Gasteiger partial charge in [0.25, 0.3) is 0 Å². The lowest BCUT2D eigenvalue weighted by Gasteiger charge is -2.21. The molecule has 7 nitrogen and oxygen atoms in total. The van der Waals surface area contributed by atoms with E-state index in [0.717, 1.165) is 5.56 Å². The molecular weight excluding hydrogens is 354 g/mol. The number of hydrogen-bond acceptors (Lipinski definition) is 6. The standard InChI is InChI=1S/C18H12ClN5O2/c1-26-17(25)15-13(19)7-14(24-16(15)22-11-23-24)18(9-20,10-21)8-12-5-3-2-4-6-12/h2-7,11H,8H2,1H3. The van der Waals surface area contributed by atoms with Crippen LogP contribution in [-0.4, -0.2) is 27.7 Å². The lowest BCUT2D eigenvalue weighted by atomic mass is 9.81. The van der Waals surface area contributed by atoms with Crippen LogP contribution in [-0.2, 0) is 16.6 Å². The Morgan fingerprint density at radius 1 is 1.31 bits per heavy atom. The van der Waals surface area contributed by atoms with Crippen LogP contribution in [0.1, 0.15) is 21.6 Å². The lowest BCUT2D eigenvalue weighted by molar-refractivity contribution is 0.0602. The molecule has 0 amide bonds. The summed E-state index contributed by atoms with van der Waals surface area (Å²) < 4.78 is 6.02. The third kappa shape index (κ3) is 2.75. The third-order valence-electron chi connectivity index (χ3n) is 4.02. The minimum Gasteiger partial charge on any atom is -0.465 e. The molecule has 0 N–H and O–H groups in total. The molecule has 0 saturated heterocycles. The fourth-order valence-corrected chi connectivity index (χ4v) is 3.02. The van der Waals surface area contributed by atoms with Crippen molar-refractivity contribution >= 4 is 23.2 Å². The maximum atomic E-state index is 12.0. The van der Waals surface area contributed by atoms with Gasteiger partial charge >= 0.3 is 5.97 Å². The molecule has 0 atom stereocenters. The van der Waals surface area contributed by atoms with Gasteiger partial charge in [0.2, 0.25) is 0 Å². The molecule has 2 aromatic heterocycles. The number of carbonyl (C=O) groups is 1. The van der Waals surface area contributed by atoms with Crippen LogP contribution in [0.5, 0.6) is 0 Å². The Hall–Kier alpha value is -3.42. The number of ether oxygens (including phenoxy) is 1. The van der Waals surface area contributed by atoms with Gasteiger partial charge in [0.15, 0.2) is 11.1 Å². The van der Waals surface area contributed by atoms with Crippen molar-refractivity contribution in [3.05, 3.63) is 64.6 Å². The minimum absolute atomic E-state index is 0.0277. The molecule has 8 heteroatoms. The number of methoxy groups -OCH3 is 1. The molecule has 0 aliphatic heterocycles. The average molecular weight is 366 g/mol. The number of pyridine rings is 1. The molecule has 0 aliphatic carbocycles. The molecule has 0 bridgehead atoms. The summed E-state index contributed by atoms with van der Waals surface area (Å²) in [4.78, 5) is 16.1. The van der Waals surface area contributed by atoms with Crippen LogP contribution in [0.3, 0.4) is 0 Å². The van der Waals surface area contributed by atoms with E-state index in [0.29, 0.717) is 0 Å². The molecule has 0 aliphatic rings. The quantitative estimate of drug-likeness (QED) is 0.658. The second kappa shape index (κ2) is 6.83. The van der Waals surface area contributed by atoms with Crippen molar-refractivity contribution in [1.82, 2.24) is 14.6 Å². The van der Waals surface area contributed by atoms with Crippen molar-refractivity contribution in [2.45, 2.75) is 11.8 Å². The molecular formula is C18H12ClN5O2. The van der Waals surface area contributed by atoms with Gasteiger partial charge in [0.05, 0.1) is 30.0 Å². The van der Waals surface area contributed by atoms with Crippen molar-refractivity contribution in [1.29, 1.82) is 10.5 Å². The number of nitriles is 2. The van der Waals surface area contributed by atoms with Gasteiger partial charge < -0.3 is 4.74 Å². The van der Waals surface area contributed by atoms with Crippen LogP contribution in [0.4, 0.5) is 0 Å². The number of carbonyl (C=O) groups excluding carboxylic acids is 1. The summed E-state index contributed by atoms with van der Waals surface area (Å²) in [5.74, 6) is -0.679. The molecule has 0 spiro atoms. The Labute approximate surface area is 154 Å². The molecule has 0 radical (unpaired) electrons. The fourth-order valence-electron chi connectivity index (χ4n) is 2.75. The van der Waals surface area contributed by atoms with Gasteiger partial charge in [-0.1, -0.05) is 41.9 Å². The Morgan fingerprint density at radius 2 is 2.00 bits per heavy atom. The highest BCUT2D eigenvalue weighted by Gasteiger charge is 2.37. The topological polar surface area (TPSA) is 104 Å². The lowest BCUT2D eigenvalue weighted by Crippen LogP contribution is -2.29. The smallest absolute Gasteiger partial charge is 0.343 e. The number of halogens is 1. The van der Waals surface area contributed by atoms with Crippen molar-refractivity contribution in [2.24, 2.45) is 0 Å². The van der Waals surface area contributed by atoms with Gasteiger partial charge in [-0.3, -0.25) is 0 Å². The summed E-state index contributed by atoms with van der Waals surface area (Å²) in [6.07, 6.45) is 1.35. The Bertz CT molecular complexity index is 1050. The Balaban J connectivity index is 2.26. The van der Waals surface area contributed by atoms with E-state index in [9.17, 15) is 15.3 Å². The van der Waals surface area contributed by atoms with Crippen molar-refractivity contribution in [3.63, 3.8) is 0 Å². The van der Waals surface area contributed by atoms with Gasteiger partial charge in [-0.2, -0.15) is 15.6 Å². The van der Waals surface area contributed by atoms with Crippen LogP contribution >= 0.6 is 11.6 Å². The Morgan fingerprint density at radius 3 is 2.62 bits per heavy atom. The first kappa shape index (κ1) is 17.4. The molecule has 26 heavy (non-hydrogen) atoms. The summed E-state index contributed by atoms with van der Waals surface area (Å²) in [6.45, 7) is 0. The Kier molecular flexibility index (Phi) is 4.57. The monoisotopic (exact) mass is 365 g/mol.